The SMILES string of the molecule is CC1(C)C(=O)Nc2nc(-n3nc(Cc4c(F)ccc(F)c4F)c4cscc43)nc(N)c21. The number of nitrogens with zero attached hydrogens (tertiary/aromatic N) is 4. The van der Waals surface area contributed by atoms with Gasteiger partial charge in [0, 0.05) is 28.1 Å². The van der Waals surface area contributed by atoms with Crippen molar-refractivity contribution in [3.05, 3.63) is 57.2 Å². The Balaban J connectivity index is 1.64. The van der Waals surface area contributed by atoms with Crippen LogP contribution in [0.15, 0.2) is 22.9 Å². The van der Waals surface area contributed by atoms with Gasteiger partial charge in [0.05, 0.1) is 22.2 Å². The molecule has 4 heterocycles. The molecule has 0 aliphatic carbocycles. The van der Waals surface area contributed by atoms with Crippen LogP contribution in [-0.2, 0) is 16.6 Å². The van der Waals surface area contributed by atoms with Gasteiger partial charge in [-0.1, -0.05) is 0 Å². The molecule has 31 heavy (non-hydrogen) atoms. The summed E-state index contributed by atoms with van der Waals surface area (Å²) in [4.78, 5) is 21.0. The third-order valence-electron chi connectivity index (χ3n) is 5.42. The van der Waals surface area contributed by atoms with Gasteiger partial charge in [0.1, 0.15) is 17.5 Å². The summed E-state index contributed by atoms with van der Waals surface area (Å²) in [5.74, 6) is -2.97. The zero-order valence-corrected chi connectivity index (χ0v) is 17.1. The second-order valence-electron chi connectivity index (χ2n) is 7.74. The molecule has 7 nitrogen and oxygen atoms in total. The highest BCUT2D eigenvalue weighted by atomic mass is 32.1. The summed E-state index contributed by atoms with van der Waals surface area (Å²) in [6, 6.07) is 1.62. The summed E-state index contributed by atoms with van der Waals surface area (Å²) < 4.78 is 43.4. The first kappa shape index (κ1) is 19.5. The number of hydrogen-bond acceptors (Lipinski definition) is 6. The number of carbonyl (C=O) groups is 1. The molecular weight excluding hydrogens is 429 g/mol. The molecule has 0 bridgehead atoms. The Bertz CT molecular complexity index is 1390. The number of thiophene rings is 1. The molecule has 1 amide bonds. The van der Waals surface area contributed by atoms with Crippen molar-refractivity contribution in [2.24, 2.45) is 0 Å². The third kappa shape index (κ3) is 2.80. The molecule has 1 aliphatic rings. The Morgan fingerprint density at radius 2 is 1.90 bits per heavy atom. The van der Waals surface area contributed by atoms with E-state index < -0.39 is 28.4 Å². The van der Waals surface area contributed by atoms with Crippen LogP contribution < -0.4 is 11.1 Å². The second kappa shape index (κ2) is 6.51. The number of anilines is 2. The van der Waals surface area contributed by atoms with Crippen LogP contribution in [0.2, 0.25) is 0 Å². The number of hydrogen-bond donors (Lipinski definition) is 2. The van der Waals surface area contributed by atoms with E-state index in [0.29, 0.717) is 28.0 Å². The standard InChI is InChI=1S/C20H15F3N6OS/c1-20(2)14-16(24)25-19(27-17(14)26-18(20)30)29-13-7-31-6-9(13)12(28-29)5-8-10(21)3-4-11(22)15(8)23/h3-4,6-7H,5H2,1-2H3,(H3,24,25,26,27,30). The Morgan fingerprint density at radius 1 is 1.16 bits per heavy atom. The fraction of sp³-hybridized carbons (Fsp3) is 0.200. The number of aromatic nitrogens is 4. The van der Waals surface area contributed by atoms with Gasteiger partial charge in [-0.2, -0.15) is 19.7 Å². The molecule has 158 valence electrons. The second-order valence-corrected chi connectivity index (χ2v) is 8.48. The lowest BCUT2D eigenvalue weighted by molar-refractivity contribution is -0.119. The number of fused-ring (bicyclic) bond motifs is 2. The molecule has 0 unspecified atom stereocenters. The molecule has 4 aromatic rings. The van der Waals surface area contributed by atoms with Gasteiger partial charge < -0.3 is 11.1 Å². The summed E-state index contributed by atoms with van der Waals surface area (Å²) in [6.07, 6.45) is -0.264. The van der Waals surface area contributed by atoms with Gasteiger partial charge in [0.25, 0.3) is 5.95 Å². The zero-order chi connectivity index (χ0) is 22.1. The summed E-state index contributed by atoms with van der Waals surface area (Å²) in [6.45, 7) is 3.44. The van der Waals surface area contributed by atoms with Gasteiger partial charge in [0.15, 0.2) is 11.6 Å². The predicted octanol–water partition coefficient (Wildman–Crippen LogP) is 3.70. The van der Waals surface area contributed by atoms with E-state index in [4.69, 9.17) is 5.73 Å². The number of halogens is 3. The molecule has 11 heteroatoms. The van der Waals surface area contributed by atoms with Gasteiger partial charge in [-0.25, -0.2) is 13.2 Å². The molecule has 0 atom stereocenters. The highest BCUT2D eigenvalue weighted by molar-refractivity contribution is 7.09. The van der Waals surface area contributed by atoms with Gasteiger partial charge >= 0.3 is 0 Å². The van der Waals surface area contributed by atoms with Gasteiger partial charge in [-0.15, -0.1) is 11.3 Å². The molecule has 0 saturated carbocycles. The minimum absolute atomic E-state index is 0.101. The van der Waals surface area contributed by atoms with Crippen LogP contribution in [0.3, 0.4) is 0 Å². The predicted molar refractivity (Wildman–Crippen MR) is 110 cm³/mol. The summed E-state index contributed by atoms with van der Waals surface area (Å²) in [5.41, 5.74) is 6.26. The number of nitrogens with two attached hydrogens (primary N) is 1. The topological polar surface area (TPSA) is 98.7 Å². The Labute approximate surface area is 177 Å². The Hall–Kier alpha value is -3.47. The van der Waals surface area contributed by atoms with Crippen molar-refractivity contribution in [2.45, 2.75) is 25.7 Å². The van der Waals surface area contributed by atoms with Crippen LogP contribution in [0.5, 0.6) is 0 Å². The lowest BCUT2D eigenvalue weighted by Gasteiger charge is -2.16. The average molecular weight is 444 g/mol. The zero-order valence-electron chi connectivity index (χ0n) is 16.3. The van der Waals surface area contributed by atoms with Crippen molar-refractivity contribution in [3.8, 4) is 5.95 Å². The van der Waals surface area contributed by atoms with Crippen molar-refractivity contribution in [1.29, 1.82) is 0 Å². The van der Waals surface area contributed by atoms with Gasteiger partial charge in [-0.05, 0) is 26.0 Å². The van der Waals surface area contributed by atoms with Gasteiger partial charge in [0.2, 0.25) is 5.91 Å². The lowest BCUT2D eigenvalue weighted by atomic mass is 9.87. The van der Waals surface area contributed by atoms with Crippen molar-refractivity contribution in [1.82, 2.24) is 19.7 Å². The van der Waals surface area contributed by atoms with E-state index in [1.165, 1.54) is 16.0 Å². The summed E-state index contributed by atoms with van der Waals surface area (Å²) in [7, 11) is 0. The number of rotatable bonds is 3. The van der Waals surface area contributed by atoms with E-state index in [2.05, 4.69) is 20.4 Å². The van der Waals surface area contributed by atoms with Crippen molar-refractivity contribution in [2.75, 3.05) is 11.1 Å². The summed E-state index contributed by atoms with van der Waals surface area (Å²) >= 11 is 1.36. The quantitative estimate of drug-likeness (QED) is 0.470. The van der Waals surface area contributed by atoms with Crippen molar-refractivity contribution >= 4 is 39.8 Å². The average Bonchev–Trinajstić information content (AvgIpc) is 3.36. The van der Waals surface area contributed by atoms with Crippen molar-refractivity contribution in [3.63, 3.8) is 0 Å². The monoisotopic (exact) mass is 444 g/mol. The van der Waals surface area contributed by atoms with Crippen LogP contribution >= 0.6 is 11.3 Å². The molecule has 0 fully saturated rings. The molecule has 0 spiro atoms. The number of nitrogens with one attached hydrogen (secondary N) is 1. The molecular formula is C20H15F3N6OS. The van der Waals surface area contributed by atoms with Crippen LogP contribution in [0, 0.1) is 17.5 Å². The Kier molecular flexibility index (Phi) is 4.09. The maximum atomic E-state index is 14.2. The van der Waals surface area contributed by atoms with E-state index in [9.17, 15) is 18.0 Å². The first-order valence-corrected chi connectivity index (χ1v) is 10.2. The highest BCUT2D eigenvalue weighted by Crippen LogP contribution is 2.40. The minimum Gasteiger partial charge on any atom is -0.383 e. The first-order valence-electron chi connectivity index (χ1n) is 9.24. The third-order valence-corrected chi connectivity index (χ3v) is 6.15. The molecule has 1 aliphatic heterocycles. The largest absolute Gasteiger partial charge is 0.383 e. The van der Waals surface area contributed by atoms with Crippen LogP contribution in [0.1, 0.15) is 30.7 Å². The van der Waals surface area contributed by atoms with E-state index in [0.717, 1.165) is 12.1 Å². The normalized spacial score (nSPS) is 14.8. The molecule has 3 N–H and O–H groups in total. The molecule has 1 aromatic carbocycles. The van der Waals surface area contributed by atoms with E-state index in [1.807, 2.05) is 0 Å². The fourth-order valence-electron chi connectivity index (χ4n) is 3.72. The van der Waals surface area contributed by atoms with Crippen LogP contribution in [-0.4, -0.2) is 25.7 Å². The number of amides is 1. The molecule has 5 rings (SSSR count). The summed E-state index contributed by atoms with van der Waals surface area (Å²) in [5, 5.41) is 11.3. The fourth-order valence-corrected chi connectivity index (χ4v) is 4.54. The molecule has 0 radical (unpaired) electrons. The van der Waals surface area contributed by atoms with Gasteiger partial charge in [-0.3, -0.25) is 4.79 Å². The van der Waals surface area contributed by atoms with Crippen LogP contribution in [0.4, 0.5) is 24.8 Å². The van der Waals surface area contributed by atoms with E-state index in [1.54, 1.807) is 24.6 Å². The van der Waals surface area contributed by atoms with E-state index in [-0.39, 0.29) is 24.1 Å². The number of nitrogen functional groups attached to an aromatic ring is 1. The number of carbonyl (C=O) groups excluding carboxylic acids is 1. The minimum atomic E-state index is -1.25. The number of benzene rings is 1. The molecule has 0 saturated heterocycles. The smallest absolute Gasteiger partial charge is 0.255 e. The van der Waals surface area contributed by atoms with E-state index >= 15 is 0 Å². The Morgan fingerprint density at radius 3 is 2.68 bits per heavy atom. The molecule has 3 aromatic heterocycles. The highest BCUT2D eigenvalue weighted by Gasteiger charge is 2.42. The maximum absolute atomic E-state index is 14.2. The lowest BCUT2D eigenvalue weighted by Crippen LogP contribution is -2.27. The maximum Gasteiger partial charge on any atom is 0.255 e. The van der Waals surface area contributed by atoms with Crippen LogP contribution in [0.25, 0.3) is 16.9 Å². The van der Waals surface area contributed by atoms with Crippen molar-refractivity contribution < 1.29 is 18.0 Å². The first-order chi connectivity index (χ1) is 14.7.